The van der Waals surface area contributed by atoms with E-state index in [1.807, 2.05) is 0 Å². The SMILES string of the molecule is CCCC(CC)N1CCC(CCO)CC1. The number of hydrogen-bond acceptors (Lipinski definition) is 2. The van der Waals surface area contributed by atoms with Crippen LogP contribution in [-0.4, -0.2) is 35.7 Å². The average Bonchev–Trinajstić information content (AvgIpc) is 2.28. The van der Waals surface area contributed by atoms with Crippen LogP contribution in [0.1, 0.15) is 52.4 Å². The summed E-state index contributed by atoms with van der Waals surface area (Å²) >= 11 is 0. The lowest BCUT2D eigenvalue weighted by atomic mass is 9.92. The van der Waals surface area contributed by atoms with Gasteiger partial charge in [-0.3, -0.25) is 0 Å². The van der Waals surface area contributed by atoms with Gasteiger partial charge >= 0.3 is 0 Å². The van der Waals surface area contributed by atoms with E-state index in [4.69, 9.17) is 5.11 Å². The van der Waals surface area contributed by atoms with E-state index in [1.165, 1.54) is 45.2 Å². The summed E-state index contributed by atoms with van der Waals surface area (Å²) in [5.41, 5.74) is 0. The molecule has 2 nitrogen and oxygen atoms in total. The smallest absolute Gasteiger partial charge is 0.0433 e. The fourth-order valence-electron chi connectivity index (χ4n) is 2.77. The van der Waals surface area contributed by atoms with Crippen molar-refractivity contribution in [1.82, 2.24) is 4.90 Å². The third-order valence-corrected chi connectivity index (χ3v) is 3.80. The van der Waals surface area contributed by atoms with E-state index < -0.39 is 0 Å². The van der Waals surface area contributed by atoms with Crippen molar-refractivity contribution in [2.75, 3.05) is 19.7 Å². The van der Waals surface area contributed by atoms with E-state index >= 15 is 0 Å². The number of piperidine rings is 1. The molecule has 0 radical (unpaired) electrons. The first kappa shape index (κ1) is 13.0. The predicted octanol–water partition coefficient (Wildman–Crippen LogP) is 2.66. The highest BCUT2D eigenvalue weighted by Crippen LogP contribution is 2.23. The highest BCUT2D eigenvalue weighted by Gasteiger charge is 2.22. The summed E-state index contributed by atoms with van der Waals surface area (Å²) in [4.78, 5) is 2.66. The van der Waals surface area contributed by atoms with E-state index in [2.05, 4.69) is 18.7 Å². The van der Waals surface area contributed by atoms with Crippen molar-refractivity contribution in [3.05, 3.63) is 0 Å². The molecule has 0 amide bonds. The number of aliphatic hydroxyl groups excluding tert-OH is 1. The van der Waals surface area contributed by atoms with Crippen molar-refractivity contribution >= 4 is 0 Å². The fraction of sp³-hybridized carbons (Fsp3) is 1.00. The van der Waals surface area contributed by atoms with Gasteiger partial charge in [-0.1, -0.05) is 20.3 Å². The molecule has 0 aromatic carbocycles. The Morgan fingerprint density at radius 2 is 1.93 bits per heavy atom. The minimum atomic E-state index is 0.372. The van der Waals surface area contributed by atoms with Crippen LogP contribution in [0, 0.1) is 5.92 Å². The van der Waals surface area contributed by atoms with Gasteiger partial charge in [-0.15, -0.1) is 0 Å². The van der Waals surface area contributed by atoms with Crippen LogP contribution >= 0.6 is 0 Å². The molecular formula is C13H27NO. The van der Waals surface area contributed by atoms with Gasteiger partial charge in [0.15, 0.2) is 0 Å². The molecule has 1 saturated heterocycles. The Bertz CT molecular complexity index is 153. The molecule has 1 unspecified atom stereocenters. The summed E-state index contributed by atoms with van der Waals surface area (Å²) in [5, 5.41) is 8.91. The van der Waals surface area contributed by atoms with Gasteiger partial charge in [-0.25, -0.2) is 0 Å². The Morgan fingerprint density at radius 3 is 2.40 bits per heavy atom. The first-order valence-corrected chi connectivity index (χ1v) is 6.66. The highest BCUT2D eigenvalue weighted by atomic mass is 16.3. The molecule has 1 atom stereocenters. The Labute approximate surface area is 94.7 Å². The quantitative estimate of drug-likeness (QED) is 0.733. The molecule has 1 heterocycles. The van der Waals surface area contributed by atoms with Crippen molar-refractivity contribution < 1.29 is 5.11 Å². The van der Waals surface area contributed by atoms with Gasteiger partial charge in [0.2, 0.25) is 0 Å². The van der Waals surface area contributed by atoms with E-state index in [0.29, 0.717) is 6.61 Å². The second-order valence-electron chi connectivity index (χ2n) is 4.84. The van der Waals surface area contributed by atoms with Crippen LogP contribution in [0.25, 0.3) is 0 Å². The predicted molar refractivity (Wildman–Crippen MR) is 65.0 cm³/mol. The lowest BCUT2D eigenvalue weighted by Gasteiger charge is -2.37. The van der Waals surface area contributed by atoms with E-state index in [0.717, 1.165) is 18.4 Å². The topological polar surface area (TPSA) is 23.5 Å². The standard InChI is InChI=1S/C13H27NO/c1-3-5-13(4-2)14-9-6-12(7-10-14)8-11-15/h12-13,15H,3-11H2,1-2H3. The maximum absolute atomic E-state index is 8.91. The summed E-state index contributed by atoms with van der Waals surface area (Å²) < 4.78 is 0. The number of hydrogen-bond donors (Lipinski definition) is 1. The molecule has 0 bridgehead atoms. The zero-order chi connectivity index (χ0) is 11.1. The van der Waals surface area contributed by atoms with Crippen LogP contribution in [-0.2, 0) is 0 Å². The maximum atomic E-state index is 8.91. The maximum Gasteiger partial charge on any atom is 0.0433 e. The van der Waals surface area contributed by atoms with Crippen molar-refractivity contribution in [1.29, 1.82) is 0 Å². The third kappa shape index (κ3) is 4.12. The summed E-state index contributed by atoms with van der Waals surface area (Å²) in [7, 11) is 0. The Kier molecular flexibility index (Phi) is 6.26. The molecule has 1 rings (SSSR count). The van der Waals surface area contributed by atoms with Gasteiger partial charge < -0.3 is 10.0 Å². The largest absolute Gasteiger partial charge is 0.396 e. The molecule has 0 aromatic rings. The van der Waals surface area contributed by atoms with Crippen LogP contribution in [0.2, 0.25) is 0 Å². The molecule has 2 heteroatoms. The van der Waals surface area contributed by atoms with Crippen LogP contribution in [0.5, 0.6) is 0 Å². The molecule has 1 N–H and O–H groups in total. The summed E-state index contributed by atoms with van der Waals surface area (Å²) in [6.07, 6.45) is 7.54. The van der Waals surface area contributed by atoms with Crippen LogP contribution in [0.15, 0.2) is 0 Å². The molecule has 1 aliphatic rings. The third-order valence-electron chi connectivity index (χ3n) is 3.80. The van der Waals surface area contributed by atoms with Crippen LogP contribution in [0.4, 0.5) is 0 Å². The van der Waals surface area contributed by atoms with E-state index in [1.54, 1.807) is 0 Å². The highest BCUT2D eigenvalue weighted by molar-refractivity contribution is 4.77. The average molecular weight is 213 g/mol. The first-order valence-electron chi connectivity index (χ1n) is 6.66. The van der Waals surface area contributed by atoms with Crippen molar-refractivity contribution in [2.45, 2.75) is 58.4 Å². The Hall–Kier alpha value is -0.0800. The second-order valence-corrected chi connectivity index (χ2v) is 4.84. The molecule has 0 aliphatic carbocycles. The zero-order valence-corrected chi connectivity index (χ0v) is 10.4. The van der Waals surface area contributed by atoms with Gasteiger partial charge in [-0.05, 0) is 51.1 Å². The molecule has 0 spiro atoms. The normalized spacial score (nSPS) is 21.8. The van der Waals surface area contributed by atoms with Crippen molar-refractivity contribution in [2.24, 2.45) is 5.92 Å². The van der Waals surface area contributed by atoms with Gasteiger partial charge in [0.25, 0.3) is 0 Å². The summed E-state index contributed by atoms with van der Waals surface area (Å²) in [5.74, 6) is 0.783. The summed E-state index contributed by atoms with van der Waals surface area (Å²) in [6, 6.07) is 0.810. The number of rotatable bonds is 6. The van der Waals surface area contributed by atoms with Crippen molar-refractivity contribution in [3.63, 3.8) is 0 Å². The Balaban J connectivity index is 2.28. The van der Waals surface area contributed by atoms with Gasteiger partial charge in [-0.2, -0.15) is 0 Å². The fourth-order valence-corrected chi connectivity index (χ4v) is 2.77. The van der Waals surface area contributed by atoms with Crippen LogP contribution in [0.3, 0.4) is 0 Å². The lowest BCUT2D eigenvalue weighted by molar-refractivity contribution is 0.111. The monoisotopic (exact) mass is 213 g/mol. The molecule has 90 valence electrons. The minimum Gasteiger partial charge on any atom is -0.396 e. The first-order chi connectivity index (χ1) is 7.31. The molecule has 0 aromatic heterocycles. The molecule has 1 fully saturated rings. The lowest BCUT2D eigenvalue weighted by Crippen LogP contribution is -2.41. The zero-order valence-electron chi connectivity index (χ0n) is 10.4. The van der Waals surface area contributed by atoms with Gasteiger partial charge in [0.05, 0.1) is 0 Å². The van der Waals surface area contributed by atoms with Gasteiger partial charge in [0, 0.05) is 12.6 Å². The Morgan fingerprint density at radius 1 is 1.27 bits per heavy atom. The minimum absolute atomic E-state index is 0.372. The number of aliphatic hydroxyl groups is 1. The summed E-state index contributed by atoms with van der Waals surface area (Å²) in [6.45, 7) is 7.46. The number of nitrogens with zero attached hydrogens (tertiary/aromatic N) is 1. The number of likely N-dealkylation sites (tertiary alicyclic amines) is 1. The molecule has 0 saturated carbocycles. The van der Waals surface area contributed by atoms with E-state index in [-0.39, 0.29) is 0 Å². The molecule has 1 aliphatic heterocycles. The second kappa shape index (κ2) is 7.24. The van der Waals surface area contributed by atoms with E-state index in [9.17, 15) is 0 Å². The molecular weight excluding hydrogens is 186 g/mol. The van der Waals surface area contributed by atoms with Crippen molar-refractivity contribution in [3.8, 4) is 0 Å². The van der Waals surface area contributed by atoms with Crippen LogP contribution < -0.4 is 0 Å². The molecule has 15 heavy (non-hydrogen) atoms. The van der Waals surface area contributed by atoms with Gasteiger partial charge in [0.1, 0.15) is 0 Å².